The summed E-state index contributed by atoms with van der Waals surface area (Å²) in [6, 6.07) is 6.63. The minimum atomic E-state index is -0.802. The lowest BCUT2D eigenvalue weighted by Crippen LogP contribution is -2.26. The van der Waals surface area contributed by atoms with Crippen LogP contribution in [-0.4, -0.2) is 72.7 Å². The van der Waals surface area contributed by atoms with Gasteiger partial charge in [-0.2, -0.15) is 0 Å². The summed E-state index contributed by atoms with van der Waals surface area (Å²) in [5, 5.41) is 12.2. The molecule has 0 atom stereocenters. The Morgan fingerprint density at radius 2 is 1.44 bits per heavy atom. The Bertz CT molecular complexity index is 1410. The van der Waals surface area contributed by atoms with E-state index in [1.807, 2.05) is 0 Å². The second-order valence-corrected chi connectivity index (χ2v) is 8.85. The quantitative estimate of drug-likeness (QED) is 0.303. The molecule has 39 heavy (non-hydrogen) atoms. The summed E-state index contributed by atoms with van der Waals surface area (Å²) in [6.45, 7) is 0.805. The first kappa shape index (κ1) is 27.8. The molecule has 1 aliphatic rings. The lowest BCUT2D eigenvalue weighted by atomic mass is 9.82. The molecule has 3 aromatic carbocycles. The van der Waals surface area contributed by atoms with E-state index in [1.165, 1.54) is 42.7 Å². The molecule has 0 aromatic heterocycles. The molecule has 208 valence electrons. The molecular formula is C29H32O10. The monoisotopic (exact) mass is 540 g/mol. The number of ketones is 1. The van der Waals surface area contributed by atoms with E-state index in [2.05, 4.69) is 0 Å². The van der Waals surface area contributed by atoms with Crippen molar-refractivity contribution in [3.8, 4) is 45.6 Å². The van der Waals surface area contributed by atoms with E-state index in [1.54, 1.807) is 24.3 Å². The summed E-state index contributed by atoms with van der Waals surface area (Å²) in [5.74, 6) is -0.452. The van der Waals surface area contributed by atoms with Crippen LogP contribution in [-0.2, 0) is 9.47 Å². The minimum absolute atomic E-state index is 0.100. The van der Waals surface area contributed by atoms with Gasteiger partial charge in [0.25, 0.3) is 0 Å². The van der Waals surface area contributed by atoms with E-state index < -0.39 is 11.9 Å². The Labute approximate surface area is 226 Å². The maximum atomic E-state index is 14.0. The van der Waals surface area contributed by atoms with Crippen LogP contribution in [0.15, 0.2) is 24.3 Å². The fraction of sp³-hybridized carbons (Fsp3) is 0.379. The molecule has 10 heteroatoms. The Hall–Kier alpha value is -4.18. The number of carbonyl (C=O) groups excluding carboxylic acids is 2. The Morgan fingerprint density at radius 3 is 2.00 bits per heavy atom. The number of fused-ring (bicyclic) bond motifs is 1. The van der Waals surface area contributed by atoms with Gasteiger partial charge in [-0.3, -0.25) is 4.79 Å². The molecular weight excluding hydrogens is 508 g/mol. The van der Waals surface area contributed by atoms with Gasteiger partial charge in [0.1, 0.15) is 5.75 Å². The number of methoxy groups -OCH3 is 6. The molecule has 0 unspecified atom stereocenters. The molecule has 0 aliphatic carbocycles. The van der Waals surface area contributed by atoms with Crippen LogP contribution in [0.1, 0.15) is 33.6 Å². The summed E-state index contributed by atoms with van der Waals surface area (Å²) in [7, 11) is 8.56. The second-order valence-electron chi connectivity index (χ2n) is 8.85. The number of aromatic hydroxyl groups is 1. The van der Waals surface area contributed by atoms with Crippen molar-refractivity contribution in [1.29, 1.82) is 0 Å². The number of rotatable bonds is 9. The molecule has 1 saturated heterocycles. The van der Waals surface area contributed by atoms with Crippen molar-refractivity contribution >= 4 is 22.5 Å². The van der Waals surface area contributed by atoms with Crippen LogP contribution in [0, 0.1) is 5.92 Å². The third-order valence-corrected chi connectivity index (χ3v) is 6.97. The third-order valence-electron chi connectivity index (χ3n) is 6.97. The first-order chi connectivity index (χ1) is 18.9. The van der Waals surface area contributed by atoms with Crippen LogP contribution in [0.3, 0.4) is 0 Å². The molecule has 0 spiro atoms. The van der Waals surface area contributed by atoms with Crippen molar-refractivity contribution in [3.63, 3.8) is 0 Å². The van der Waals surface area contributed by atoms with Gasteiger partial charge in [0.05, 0.1) is 53.8 Å². The zero-order chi connectivity index (χ0) is 28.3. The highest BCUT2D eigenvalue weighted by Crippen LogP contribution is 2.53. The molecule has 0 radical (unpaired) electrons. The second kappa shape index (κ2) is 11.7. The van der Waals surface area contributed by atoms with E-state index in [0.717, 1.165) is 0 Å². The average Bonchev–Trinajstić information content (AvgIpc) is 2.99. The van der Waals surface area contributed by atoms with Crippen molar-refractivity contribution in [2.24, 2.45) is 5.92 Å². The number of carbonyl (C=O) groups is 2. The molecule has 1 aliphatic heterocycles. The number of benzene rings is 3. The van der Waals surface area contributed by atoms with Gasteiger partial charge < -0.3 is 38.3 Å². The lowest BCUT2D eigenvalue weighted by Gasteiger charge is -2.25. The topological polar surface area (TPSA) is 119 Å². The predicted molar refractivity (Wildman–Crippen MR) is 143 cm³/mol. The standard InChI is InChI=1S/C29H32O10/c1-33-18-8-7-16(13-19(18)34-2)21-22-17(14-20(35-3)27(36-4)28(22)37-5)26(31)24(23(21)29(32)38-6)25(30)15-9-11-39-12-10-15/h7-8,13-15,31H,9-12H2,1-6H3. The van der Waals surface area contributed by atoms with E-state index in [0.29, 0.717) is 54.1 Å². The van der Waals surface area contributed by atoms with Crippen LogP contribution in [0.4, 0.5) is 0 Å². The maximum Gasteiger partial charge on any atom is 0.339 e. The number of phenolic OH excluding ortho intramolecular Hbond substituents is 1. The molecule has 1 heterocycles. The number of hydrogen-bond donors (Lipinski definition) is 1. The number of hydrogen-bond acceptors (Lipinski definition) is 10. The molecule has 0 amide bonds. The van der Waals surface area contributed by atoms with Crippen molar-refractivity contribution in [2.45, 2.75) is 12.8 Å². The van der Waals surface area contributed by atoms with Gasteiger partial charge in [0.15, 0.2) is 28.8 Å². The number of Topliss-reactive ketones (excluding diaryl/α,β-unsaturated/α-hetero) is 1. The van der Waals surface area contributed by atoms with Crippen molar-refractivity contribution in [3.05, 3.63) is 35.4 Å². The summed E-state index contributed by atoms with van der Waals surface area (Å²) in [6.07, 6.45) is 0.912. The van der Waals surface area contributed by atoms with Crippen LogP contribution >= 0.6 is 0 Å². The summed E-state index contributed by atoms with van der Waals surface area (Å²) in [5.41, 5.74) is 0.547. The van der Waals surface area contributed by atoms with Gasteiger partial charge in [-0.15, -0.1) is 0 Å². The van der Waals surface area contributed by atoms with E-state index >= 15 is 0 Å². The number of ether oxygens (including phenoxy) is 7. The zero-order valence-corrected chi connectivity index (χ0v) is 22.8. The Balaban J connectivity index is 2.25. The van der Waals surface area contributed by atoms with Crippen LogP contribution in [0.25, 0.3) is 21.9 Å². The molecule has 0 saturated carbocycles. The van der Waals surface area contributed by atoms with Gasteiger partial charge in [-0.1, -0.05) is 6.07 Å². The summed E-state index contributed by atoms with van der Waals surface area (Å²) in [4.78, 5) is 27.5. The minimum Gasteiger partial charge on any atom is -0.507 e. The van der Waals surface area contributed by atoms with Gasteiger partial charge in [-0.25, -0.2) is 4.79 Å². The largest absolute Gasteiger partial charge is 0.507 e. The van der Waals surface area contributed by atoms with Crippen molar-refractivity contribution < 1.29 is 47.9 Å². The molecule has 0 bridgehead atoms. The van der Waals surface area contributed by atoms with Gasteiger partial charge in [-0.05, 0) is 36.6 Å². The van der Waals surface area contributed by atoms with Crippen molar-refractivity contribution in [1.82, 2.24) is 0 Å². The van der Waals surface area contributed by atoms with Gasteiger partial charge in [0.2, 0.25) is 5.75 Å². The molecule has 4 rings (SSSR count). The highest BCUT2D eigenvalue weighted by atomic mass is 16.5. The number of phenols is 1. The molecule has 1 N–H and O–H groups in total. The van der Waals surface area contributed by atoms with Crippen molar-refractivity contribution in [2.75, 3.05) is 55.9 Å². The van der Waals surface area contributed by atoms with E-state index in [-0.39, 0.29) is 45.3 Å². The smallest absolute Gasteiger partial charge is 0.339 e. The SMILES string of the molecule is COC(=O)c1c(C(=O)C2CCOCC2)c(O)c2cc(OC)c(OC)c(OC)c2c1-c1ccc(OC)c(OC)c1. The van der Waals surface area contributed by atoms with Gasteiger partial charge in [0, 0.05) is 35.5 Å². The van der Waals surface area contributed by atoms with E-state index in [4.69, 9.17) is 33.2 Å². The lowest BCUT2D eigenvalue weighted by molar-refractivity contribution is 0.0531. The highest BCUT2D eigenvalue weighted by Gasteiger charge is 2.36. The summed E-state index contributed by atoms with van der Waals surface area (Å²) >= 11 is 0. The highest BCUT2D eigenvalue weighted by molar-refractivity contribution is 6.22. The fourth-order valence-corrected chi connectivity index (χ4v) is 5.08. The first-order valence-electron chi connectivity index (χ1n) is 12.3. The average molecular weight is 541 g/mol. The number of esters is 1. The van der Waals surface area contributed by atoms with Crippen LogP contribution in [0.2, 0.25) is 0 Å². The molecule has 3 aromatic rings. The summed E-state index contributed by atoms with van der Waals surface area (Å²) < 4.78 is 38.4. The molecule has 10 nitrogen and oxygen atoms in total. The molecule has 1 fully saturated rings. The van der Waals surface area contributed by atoms with Crippen LogP contribution in [0.5, 0.6) is 34.5 Å². The fourth-order valence-electron chi connectivity index (χ4n) is 5.08. The zero-order valence-electron chi connectivity index (χ0n) is 22.8. The van der Waals surface area contributed by atoms with E-state index in [9.17, 15) is 14.7 Å². The first-order valence-corrected chi connectivity index (χ1v) is 12.3. The normalized spacial score (nSPS) is 13.6. The Morgan fingerprint density at radius 1 is 0.795 bits per heavy atom. The third kappa shape index (κ3) is 4.76. The predicted octanol–water partition coefficient (Wildman–Crippen LogP) is 4.65. The van der Waals surface area contributed by atoms with Crippen LogP contribution < -0.4 is 23.7 Å². The maximum absolute atomic E-state index is 14.0. The van der Waals surface area contributed by atoms with Gasteiger partial charge >= 0.3 is 5.97 Å². The Kier molecular flexibility index (Phi) is 8.35.